The molecule has 0 amide bonds. The smallest absolute Gasteiger partial charge is 0.00765 e. The highest BCUT2D eigenvalue weighted by atomic mass is 14.4. The summed E-state index contributed by atoms with van der Waals surface area (Å²) in [5.41, 5.74) is 3.51. The molecule has 0 fully saturated rings. The zero-order valence-electron chi connectivity index (χ0n) is 12.4. The molecule has 1 aliphatic rings. The Kier molecular flexibility index (Phi) is 4.41. The van der Waals surface area contributed by atoms with Gasteiger partial charge < -0.3 is 0 Å². The van der Waals surface area contributed by atoms with Crippen molar-refractivity contribution >= 4 is 0 Å². The van der Waals surface area contributed by atoms with E-state index < -0.39 is 0 Å². The number of allylic oxidation sites excluding steroid dienone is 6. The first-order valence-corrected chi connectivity index (χ1v) is 6.89. The lowest BCUT2D eigenvalue weighted by Crippen LogP contribution is -2.27. The van der Waals surface area contributed by atoms with Crippen LogP contribution in [0.15, 0.2) is 35.5 Å². The first-order valence-electron chi connectivity index (χ1n) is 6.89. The fourth-order valence-electron chi connectivity index (χ4n) is 3.29. The van der Waals surface area contributed by atoms with Gasteiger partial charge in [-0.1, -0.05) is 82.9 Å². The molecule has 0 heteroatoms. The molecule has 0 aromatic rings. The zero-order chi connectivity index (χ0) is 13.1. The highest BCUT2D eigenvalue weighted by molar-refractivity contribution is 5.39. The molecule has 0 bridgehead atoms. The van der Waals surface area contributed by atoms with Gasteiger partial charge in [-0.3, -0.25) is 0 Å². The van der Waals surface area contributed by atoms with Gasteiger partial charge in [-0.15, -0.1) is 0 Å². The quantitative estimate of drug-likeness (QED) is 0.588. The Labute approximate surface area is 108 Å². The van der Waals surface area contributed by atoms with E-state index in [4.69, 9.17) is 0 Å². The third-order valence-corrected chi connectivity index (χ3v) is 3.69. The van der Waals surface area contributed by atoms with E-state index in [0.29, 0.717) is 0 Å². The summed E-state index contributed by atoms with van der Waals surface area (Å²) in [5.74, 6) is 0. The molecule has 17 heavy (non-hydrogen) atoms. The van der Waals surface area contributed by atoms with Crippen LogP contribution in [0.3, 0.4) is 0 Å². The molecular formula is C17H28. The van der Waals surface area contributed by atoms with Crippen LogP contribution >= 0.6 is 0 Å². The lowest BCUT2D eigenvalue weighted by molar-refractivity contribution is 0.341. The fourth-order valence-corrected chi connectivity index (χ4v) is 3.29. The molecule has 0 spiro atoms. The van der Waals surface area contributed by atoms with Crippen molar-refractivity contribution in [3.8, 4) is 0 Å². The normalized spacial score (nSPS) is 25.3. The predicted molar refractivity (Wildman–Crippen MR) is 78.1 cm³/mol. The van der Waals surface area contributed by atoms with Crippen molar-refractivity contribution in [2.75, 3.05) is 0 Å². The predicted octanol–water partition coefficient (Wildman–Crippen LogP) is 5.67. The zero-order valence-corrected chi connectivity index (χ0v) is 12.4. The summed E-state index contributed by atoms with van der Waals surface area (Å²) in [6.45, 7) is 13.9. The third-order valence-electron chi connectivity index (χ3n) is 3.69. The monoisotopic (exact) mass is 232 g/mol. The second-order valence-electron chi connectivity index (χ2n) is 6.55. The minimum absolute atomic E-state index is 0.224. The molecule has 0 radical (unpaired) electrons. The summed E-state index contributed by atoms with van der Waals surface area (Å²) < 4.78 is 0. The Morgan fingerprint density at radius 1 is 1.18 bits per heavy atom. The molecule has 0 aromatic carbocycles. The largest absolute Gasteiger partial charge is 0.0745 e. The lowest BCUT2D eigenvalue weighted by atomic mass is 9.66. The van der Waals surface area contributed by atoms with Crippen molar-refractivity contribution < 1.29 is 0 Å². The van der Waals surface area contributed by atoms with Crippen LogP contribution in [-0.4, -0.2) is 0 Å². The summed E-state index contributed by atoms with van der Waals surface area (Å²) in [7, 11) is 0. The van der Waals surface area contributed by atoms with Crippen molar-refractivity contribution in [2.24, 2.45) is 10.8 Å². The van der Waals surface area contributed by atoms with E-state index in [1.54, 1.807) is 5.57 Å². The highest BCUT2D eigenvalue weighted by Crippen LogP contribution is 2.47. The standard InChI is InChI=1S/C17H28/c1-7-8-12-17(6)13-10-9-11-14(2)15(17)16(3,4)5/h9-11,13H,7-8,12H2,1-6H3. The van der Waals surface area contributed by atoms with Crippen LogP contribution in [-0.2, 0) is 0 Å². The number of hydrogen-bond donors (Lipinski definition) is 0. The molecule has 0 saturated heterocycles. The maximum atomic E-state index is 2.40. The second kappa shape index (κ2) is 5.25. The summed E-state index contributed by atoms with van der Waals surface area (Å²) >= 11 is 0. The Morgan fingerprint density at radius 2 is 1.82 bits per heavy atom. The highest BCUT2D eigenvalue weighted by Gasteiger charge is 2.34. The molecule has 0 aliphatic heterocycles. The minimum Gasteiger partial charge on any atom is -0.0745 e. The summed E-state index contributed by atoms with van der Waals surface area (Å²) in [6, 6.07) is 0. The summed E-state index contributed by atoms with van der Waals surface area (Å²) in [4.78, 5) is 0. The average molecular weight is 232 g/mol. The van der Waals surface area contributed by atoms with E-state index in [9.17, 15) is 0 Å². The van der Waals surface area contributed by atoms with Crippen molar-refractivity contribution in [3.05, 3.63) is 35.5 Å². The third kappa shape index (κ3) is 3.34. The van der Waals surface area contributed by atoms with E-state index in [0.717, 1.165) is 0 Å². The van der Waals surface area contributed by atoms with Gasteiger partial charge in [0.1, 0.15) is 0 Å². The first kappa shape index (κ1) is 14.3. The van der Waals surface area contributed by atoms with Gasteiger partial charge in [0.15, 0.2) is 0 Å². The van der Waals surface area contributed by atoms with Crippen molar-refractivity contribution in [1.29, 1.82) is 0 Å². The number of rotatable bonds is 3. The SMILES string of the molecule is CCCCC1(C)C=CC=CC(C)=C1C(C)(C)C. The van der Waals surface area contributed by atoms with E-state index in [2.05, 4.69) is 65.8 Å². The summed E-state index contributed by atoms with van der Waals surface area (Å²) in [6.07, 6.45) is 12.9. The minimum atomic E-state index is 0.224. The molecule has 1 aliphatic carbocycles. The fraction of sp³-hybridized carbons (Fsp3) is 0.647. The van der Waals surface area contributed by atoms with Gasteiger partial charge in [-0.2, -0.15) is 0 Å². The van der Waals surface area contributed by atoms with E-state index >= 15 is 0 Å². The van der Waals surface area contributed by atoms with Gasteiger partial charge in [-0.05, 0) is 18.8 Å². The van der Waals surface area contributed by atoms with E-state index in [1.807, 2.05) is 0 Å². The van der Waals surface area contributed by atoms with Gasteiger partial charge in [0.05, 0.1) is 0 Å². The van der Waals surface area contributed by atoms with Gasteiger partial charge >= 0.3 is 0 Å². The lowest BCUT2D eigenvalue weighted by Gasteiger charge is -2.38. The maximum absolute atomic E-state index is 2.40. The molecule has 1 rings (SSSR count). The second-order valence-corrected chi connectivity index (χ2v) is 6.55. The van der Waals surface area contributed by atoms with Crippen LogP contribution in [0.1, 0.15) is 60.8 Å². The first-order chi connectivity index (χ1) is 7.81. The number of hydrogen-bond acceptors (Lipinski definition) is 0. The Bertz CT molecular complexity index is 347. The molecule has 0 nitrogen and oxygen atoms in total. The molecule has 1 unspecified atom stereocenters. The molecule has 0 saturated carbocycles. The van der Waals surface area contributed by atoms with Crippen LogP contribution in [0, 0.1) is 10.8 Å². The Morgan fingerprint density at radius 3 is 2.35 bits per heavy atom. The van der Waals surface area contributed by atoms with Crippen molar-refractivity contribution in [1.82, 2.24) is 0 Å². The van der Waals surface area contributed by atoms with E-state index in [-0.39, 0.29) is 10.8 Å². The van der Waals surface area contributed by atoms with Gasteiger partial charge in [0.2, 0.25) is 0 Å². The molecule has 1 atom stereocenters. The molecular weight excluding hydrogens is 204 g/mol. The van der Waals surface area contributed by atoms with Crippen LogP contribution in [0.25, 0.3) is 0 Å². The molecule has 0 aromatic heterocycles. The Balaban J connectivity index is 3.21. The molecule has 0 N–H and O–H groups in total. The average Bonchev–Trinajstić information content (AvgIpc) is 2.34. The van der Waals surface area contributed by atoms with Crippen molar-refractivity contribution in [2.45, 2.75) is 60.8 Å². The van der Waals surface area contributed by atoms with Gasteiger partial charge in [0.25, 0.3) is 0 Å². The van der Waals surface area contributed by atoms with Crippen molar-refractivity contribution in [3.63, 3.8) is 0 Å². The van der Waals surface area contributed by atoms with Crippen LogP contribution in [0.2, 0.25) is 0 Å². The maximum Gasteiger partial charge on any atom is 0.00765 e. The van der Waals surface area contributed by atoms with Gasteiger partial charge in [0, 0.05) is 5.41 Å². The van der Waals surface area contributed by atoms with E-state index in [1.165, 1.54) is 24.8 Å². The number of unbranched alkanes of at least 4 members (excludes halogenated alkanes) is 1. The summed E-state index contributed by atoms with van der Waals surface area (Å²) in [5, 5.41) is 0. The molecule has 0 heterocycles. The van der Waals surface area contributed by atoms with Crippen LogP contribution < -0.4 is 0 Å². The van der Waals surface area contributed by atoms with Crippen LogP contribution in [0.4, 0.5) is 0 Å². The van der Waals surface area contributed by atoms with Gasteiger partial charge in [-0.25, -0.2) is 0 Å². The Hall–Kier alpha value is -0.780. The topological polar surface area (TPSA) is 0 Å². The van der Waals surface area contributed by atoms with Crippen LogP contribution in [0.5, 0.6) is 0 Å². The molecule has 96 valence electrons.